The van der Waals surface area contributed by atoms with Crippen LogP contribution in [0, 0.1) is 0 Å². The maximum atomic E-state index is 6.42. The maximum absolute atomic E-state index is 6.42. The molecular formula is C23H34N8. The van der Waals surface area contributed by atoms with Crippen molar-refractivity contribution in [2.75, 3.05) is 11.1 Å². The van der Waals surface area contributed by atoms with Crippen LogP contribution in [0.25, 0.3) is 11.0 Å². The van der Waals surface area contributed by atoms with Crippen molar-refractivity contribution in [3.05, 3.63) is 35.6 Å². The van der Waals surface area contributed by atoms with Crippen LogP contribution in [0.4, 0.5) is 17.2 Å². The Morgan fingerprint density at radius 2 is 1.84 bits per heavy atom. The first-order valence-corrected chi connectivity index (χ1v) is 11.3. The number of hydrogen-bond donors (Lipinski definition) is 4. The highest BCUT2D eigenvalue weighted by atomic mass is 15.2. The van der Waals surface area contributed by atoms with Gasteiger partial charge in [0.2, 0.25) is 5.62 Å². The van der Waals surface area contributed by atoms with Crippen molar-refractivity contribution in [3.8, 4) is 0 Å². The zero-order valence-electron chi connectivity index (χ0n) is 18.9. The molecule has 3 aromatic rings. The van der Waals surface area contributed by atoms with Crippen molar-refractivity contribution in [2.24, 2.45) is 10.7 Å². The standard InChI is InChI=1S/C23H34N8/c1-13(2)19-21-20(30-29-19)22(26-16-11-9-15(24)10-12-16)28-23(31(21)14(3)4)27-18-8-6-5-7-17(18)25/h9-14,17-18H,5-8,24-25H2,1-4H3,(H,29,30)(H,26,27,28). The predicted octanol–water partition coefficient (Wildman–Crippen LogP) is 3.96. The van der Waals surface area contributed by atoms with Gasteiger partial charge in [-0.25, -0.2) is 4.99 Å². The number of hydrogen-bond acceptors (Lipinski definition) is 6. The summed E-state index contributed by atoms with van der Waals surface area (Å²) in [5, 5.41) is 11.3. The highest BCUT2D eigenvalue weighted by molar-refractivity contribution is 5.89. The lowest BCUT2D eigenvalue weighted by Gasteiger charge is -2.25. The lowest BCUT2D eigenvalue weighted by molar-refractivity contribution is 0.375. The van der Waals surface area contributed by atoms with Gasteiger partial charge in [0.1, 0.15) is 0 Å². The van der Waals surface area contributed by atoms with E-state index in [9.17, 15) is 0 Å². The molecule has 1 saturated carbocycles. The molecule has 6 N–H and O–H groups in total. The molecule has 2 atom stereocenters. The zero-order valence-corrected chi connectivity index (χ0v) is 18.9. The Bertz CT molecular complexity index is 1110. The van der Waals surface area contributed by atoms with Crippen LogP contribution in [-0.2, 0) is 0 Å². The van der Waals surface area contributed by atoms with Gasteiger partial charge in [-0.15, -0.1) is 0 Å². The maximum Gasteiger partial charge on any atom is 0.227 e. The summed E-state index contributed by atoms with van der Waals surface area (Å²) < 4.78 is 2.20. The molecule has 1 aromatic carbocycles. The quantitative estimate of drug-likeness (QED) is 0.464. The van der Waals surface area contributed by atoms with Gasteiger partial charge in [-0.05, 0) is 56.9 Å². The zero-order chi connectivity index (χ0) is 22.1. The summed E-state index contributed by atoms with van der Waals surface area (Å²) in [6.07, 6.45) is 4.35. The average molecular weight is 423 g/mol. The minimum Gasteiger partial charge on any atom is -0.399 e. The Hall–Kier alpha value is -2.87. The van der Waals surface area contributed by atoms with Gasteiger partial charge in [-0.2, -0.15) is 10.1 Å². The molecule has 2 heterocycles. The Morgan fingerprint density at radius 1 is 1.13 bits per heavy atom. The first-order chi connectivity index (χ1) is 14.8. The number of aromatic nitrogens is 4. The number of nitrogens with zero attached hydrogens (tertiary/aromatic N) is 4. The molecule has 0 spiro atoms. The Labute approximate surface area is 183 Å². The number of nitrogens with one attached hydrogen (secondary N) is 2. The number of nitrogen functional groups attached to an aromatic ring is 1. The number of nitrogens with two attached hydrogens (primary N) is 2. The highest BCUT2D eigenvalue weighted by Gasteiger charge is 2.24. The van der Waals surface area contributed by atoms with Crippen LogP contribution in [0.2, 0.25) is 0 Å². The van der Waals surface area contributed by atoms with Crippen LogP contribution >= 0.6 is 0 Å². The van der Waals surface area contributed by atoms with E-state index in [-0.39, 0.29) is 24.0 Å². The van der Waals surface area contributed by atoms with E-state index in [0.717, 1.165) is 47.4 Å². The van der Waals surface area contributed by atoms with Crippen molar-refractivity contribution in [2.45, 2.75) is 77.4 Å². The second kappa shape index (κ2) is 8.70. The van der Waals surface area contributed by atoms with Gasteiger partial charge in [0.15, 0.2) is 11.3 Å². The SMILES string of the molecule is CC(C)c1[nH]nc2c(Nc3ccc(N)cc3)nc(=NC3CCCCC3N)n(C(C)C)c12. The van der Waals surface area contributed by atoms with E-state index in [1.807, 2.05) is 24.3 Å². The minimum atomic E-state index is 0.0780. The first kappa shape index (κ1) is 21.4. The average Bonchev–Trinajstić information content (AvgIpc) is 3.16. The van der Waals surface area contributed by atoms with Crippen molar-refractivity contribution >= 4 is 28.2 Å². The second-order valence-corrected chi connectivity index (χ2v) is 9.11. The van der Waals surface area contributed by atoms with Crippen LogP contribution in [0.5, 0.6) is 0 Å². The van der Waals surface area contributed by atoms with Gasteiger partial charge in [-0.3, -0.25) is 5.10 Å². The largest absolute Gasteiger partial charge is 0.399 e. The Morgan fingerprint density at radius 3 is 2.48 bits per heavy atom. The lowest BCUT2D eigenvalue weighted by atomic mass is 9.91. The van der Waals surface area contributed by atoms with E-state index < -0.39 is 0 Å². The molecule has 31 heavy (non-hydrogen) atoms. The van der Waals surface area contributed by atoms with Crippen LogP contribution in [0.15, 0.2) is 29.3 Å². The number of aromatic amines is 1. The fourth-order valence-corrected chi connectivity index (χ4v) is 4.29. The third kappa shape index (κ3) is 4.30. The summed E-state index contributed by atoms with van der Waals surface area (Å²) in [6.45, 7) is 8.65. The smallest absolute Gasteiger partial charge is 0.227 e. The molecule has 8 heteroatoms. The van der Waals surface area contributed by atoms with E-state index >= 15 is 0 Å². The fraction of sp³-hybridized carbons (Fsp3) is 0.522. The molecule has 0 amide bonds. The molecule has 166 valence electrons. The normalized spacial score (nSPS) is 20.2. The van der Waals surface area contributed by atoms with Gasteiger partial charge in [-0.1, -0.05) is 26.7 Å². The van der Waals surface area contributed by atoms with Crippen LogP contribution in [0.1, 0.15) is 71.0 Å². The molecule has 1 aliphatic carbocycles. The molecule has 0 radical (unpaired) electrons. The van der Waals surface area contributed by atoms with Gasteiger partial charge < -0.3 is 21.4 Å². The summed E-state index contributed by atoms with van der Waals surface area (Å²) in [6, 6.07) is 7.96. The summed E-state index contributed by atoms with van der Waals surface area (Å²) in [5.74, 6) is 0.967. The van der Waals surface area contributed by atoms with E-state index in [4.69, 9.17) is 21.4 Å². The number of fused-ring (bicyclic) bond motifs is 1. The molecule has 0 saturated heterocycles. The first-order valence-electron chi connectivity index (χ1n) is 11.3. The summed E-state index contributed by atoms with van der Waals surface area (Å²) in [5.41, 5.74) is 17.5. The van der Waals surface area contributed by atoms with Gasteiger partial charge >= 0.3 is 0 Å². The molecule has 1 aliphatic rings. The predicted molar refractivity (Wildman–Crippen MR) is 126 cm³/mol. The molecule has 4 rings (SSSR count). The second-order valence-electron chi connectivity index (χ2n) is 9.11. The van der Waals surface area contributed by atoms with E-state index in [0.29, 0.717) is 11.4 Å². The monoisotopic (exact) mass is 422 g/mol. The van der Waals surface area contributed by atoms with E-state index in [2.05, 4.69) is 47.8 Å². The van der Waals surface area contributed by atoms with Gasteiger partial charge in [0.25, 0.3) is 0 Å². The van der Waals surface area contributed by atoms with Crippen molar-refractivity contribution in [1.82, 2.24) is 19.7 Å². The van der Waals surface area contributed by atoms with Gasteiger partial charge in [0.05, 0.1) is 17.3 Å². The van der Waals surface area contributed by atoms with E-state index in [1.165, 1.54) is 6.42 Å². The third-order valence-corrected chi connectivity index (χ3v) is 5.99. The topological polar surface area (TPSA) is 123 Å². The Balaban J connectivity index is 1.95. The summed E-state index contributed by atoms with van der Waals surface area (Å²) >= 11 is 0. The number of anilines is 3. The molecular weight excluding hydrogens is 388 g/mol. The molecule has 1 fully saturated rings. The third-order valence-electron chi connectivity index (χ3n) is 5.99. The number of rotatable bonds is 5. The minimum absolute atomic E-state index is 0.0780. The van der Waals surface area contributed by atoms with Crippen molar-refractivity contribution < 1.29 is 0 Å². The van der Waals surface area contributed by atoms with Crippen molar-refractivity contribution in [3.63, 3.8) is 0 Å². The molecule has 2 unspecified atom stereocenters. The number of benzene rings is 1. The number of H-pyrrole nitrogens is 1. The van der Waals surface area contributed by atoms with Crippen LogP contribution in [0.3, 0.4) is 0 Å². The molecule has 2 aromatic heterocycles. The molecule has 0 bridgehead atoms. The van der Waals surface area contributed by atoms with Crippen molar-refractivity contribution in [1.29, 1.82) is 0 Å². The van der Waals surface area contributed by atoms with Crippen LogP contribution < -0.4 is 22.4 Å². The highest BCUT2D eigenvalue weighted by Crippen LogP contribution is 2.29. The lowest BCUT2D eigenvalue weighted by Crippen LogP contribution is -2.39. The van der Waals surface area contributed by atoms with E-state index in [1.54, 1.807) is 0 Å². The molecule has 8 nitrogen and oxygen atoms in total. The fourth-order valence-electron chi connectivity index (χ4n) is 4.29. The molecule has 0 aliphatic heterocycles. The van der Waals surface area contributed by atoms with Gasteiger partial charge in [0, 0.05) is 23.5 Å². The summed E-state index contributed by atoms with van der Waals surface area (Å²) in [7, 11) is 0. The Kier molecular flexibility index (Phi) is 6.00. The summed E-state index contributed by atoms with van der Waals surface area (Å²) in [4.78, 5) is 10.0. The van der Waals surface area contributed by atoms with Crippen LogP contribution in [-0.4, -0.2) is 31.8 Å².